The van der Waals surface area contributed by atoms with Gasteiger partial charge in [0.1, 0.15) is 0 Å². The van der Waals surface area contributed by atoms with Crippen molar-refractivity contribution in [3.63, 3.8) is 0 Å². The number of aromatic nitrogens is 1. The monoisotopic (exact) mass is 420 g/mol. The molecule has 30 heavy (non-hydrogen) atoms. The number of nitro groups is 1. The summed E-state index contributed by atoms with van der Waals surface area (Å²) in [4.78, 5) is 27.7. The fourth-order valence-corrected chi connectivity index (χ4v) is 3.63. The zero-order chi connectivity index (χ0) is 21.3. The highest BCUT2D eigenvalue weighted by Crippen LogP contribution is 2.31. The number of non-ortho nitro benzene ring substituents is 1. The summed E-state index contributed by atoms with van der Waals surface area (Å²) >= 11 is 1.31. The molecule has 9 nitrogen and oxygen atoms in total. The Morgan fingerprint density at radius 2 is 1.93 bits per heavy atom. The molecule has 0 bridgehead atoms. The molecule has 1 unspecified atom stereocenters. The Morgan fingerprint density at radius 1 is 1.17 bits per heavy atom. The van der Waals surface area contributed by atoms with Crippen LogP contribution in [0.25, 0.3) is 11.3 Å². The number of amides is 1. The number of hydrogen-bond acceptors (Lipinski definition) is 8. The number of rotatable bonds is 5. The molecular formula is C20H16N6O3S. The summed E-state index contributed by atoms with van der Waals surface area (Å²) in [6.07, 6.45) is 0. The van der Waals surface area contributed by atoms with Crippen LogP contribution in [0.5, 0.6) is 0 Å². The van der Waals surface area contributed by atoms with E-state index in [0.717, 1.165) is 16.8 Å². The molecule has 1 amide bonds. The third kappa shape index (κ3) is 3.85. The molecule has 10 heteroatoms. The molecule has 2 heterocycles. The molecule has 4 rings (SSSR count). The van der Waals surface area contributed by atoms with Crippen molar-refractivity contribution in [2.75, 3.05) is 5.01 Å². The van der Waals surface area contributed by atoms with Crippen LogP contribution >= 0.6 is 11.3 Å². The maximum atomic E-state index is 12.8. The van der Waals surface area contributed by atoms with E-state index in [1.54, 1.807) is 13.0 Å². The van der Waals surface area contributed by atoms with Gasteiger partial charge in [-0.25, -0.2) is 4.98 Å². The molecular weight excluding hydrogens is 404 g/mol. The fourth-order valence-electron chi connectivity index (χ4n) is 2.84. The minimum Gasteiger partial charge on any atom is -0.269 e. The van der Waals surface area contributed by atoms with E-state index < -0.39 is 11.0 Å². The predicted octanol–water partition coefficient (Wildman–Crippen LogP) is 4.90. The van der Waals surface area contributed by atoms with E-state index in [9.17, 15) is 14.9 Å². The molecule has 3 aromatic rings. The number of carbonyl (C=O) groups is 1. The number of nitro benzene ring substituents is 1. The van der Waals surface area contributed by atoms with Crippen LogP contribution in [0.4, 0.5) is 16.5 Å². The molecule has 1 atom stereocenters. The van der Waals surface area contributed by atoms with Crippen LogP contribution in [0.2, 0.25) is 0 Å². The van der Waals surface area contributed by atoms with Gasteiger partial charge in [0.15, 0.2) is 6.04 Å². The maximum Gasteiger partial charge on any atom is 0.282 e. The minimum absolute atomic E-state index is 0.0948. The molecule has 1 aliphatic heterocycles. The molecule has 0 saturated heterocycles. The van der Waals surface area contributed by atoms with Gasteiger partial charge in [0, 0.05) is 23.1 Å². The fraction of sp³-hybridized carbons (Fsp3) is 0.150. The lowest BCUT2D eigenvalue weighted by Crippen LogP contribution is -2.29. The summed E-state index contributed by atoms with van der Waals surface area (Å²) < 4.78 is 0. The van der Waals surface area contributed by atoms with Gasteiger partial charge in [0.05, 0.1) is 22.0 Å². The molecule has 0 fully saturated rings. The number of carbonyl (C=O) groups excluding carboxylic acids is 1. The summed E-state index contributed by atoms with van der Waals surface area (Å²) in [6.45, 7) is 3.70. The molecule has 0 N–H and O–H groups in total. The number of hydrogen-bond donors (Lipinski definition) is 0. The van der Waals surface area contributed by atoms with Crippen molar-refractivity contribution in [3.05, 3.63) is 69.6 Å². The predicted molar refractivity (Wildman–Crippen MR) is 114 cm³/mol. The highest BCUT2D eigenvalue weighted by Gasteiger charge is 2.36. The van der Waals surface area contributed by atoms with Crippen LogP contribution in [0.3, 0.4) is 0 Å². The third-order valence-electron chi connectivity index (χ3n) is 4.45. The smallest absolute Gasteiger partial charge is 0.269 e. The standard InChI is InChI=1S/C20H16N6O3S/c1-12-6-8-14(9-7-12)17-11-30-20(21-17)25-19(27)18(13(2)24-25)23-22-15-4-3-5-16(10-15)26(28)29/h3-11,18H,1-2H3. The van der Waals surface area contributed by atoms with Crippen LogP contribution in [0.15, 0.2) is 69.2 Å². The first-order valence-corrected chi connectivity index (χ1v) is 9.87. The lowest BCUT2D eigenvalue weighted by atomic mass is 10.1. The molecule has 0 aliphatic carbocycles. The Balaban J connectivity index is 1.53. The van der Waals surface area contributed by atoms with Gasteiger partial charge in [-0.15, -0.1) is 11.3 Å². The van der Waals surface area contributed by atoms with Crippen LogP contribution in [0, 0.1) is 17.0 Å². The van der Waals surface area contributed by atoms with Crippen molar-refractivity contribution < 1.29 is 9.72 Å². The Kier molecular flexibility index (Phi) is 5.15. The van der Waals surface area contributed by atoms with Crippen LogP contribution in [0.1, 0.15) is 12.5 Å². The van der Waals surface area contributed by atoms with Crippen LogP contribution in [-0.4, -0.2) is 27.6 Å². The number of nitrogens with zero attached hydrogens (tertiary/aromatic N) is 6. The number of hydrazone groups is 1. The van der Waals surface area contributed by atoms with Gasteiger partial charge in [0.2, 0.25) is 5.13 Å². The zero-order valence-corrected chi connectivity index (χ0v) is 16.9. The van der Waals surface area contributed by atoms with Crippen LogP contribution < -0.4 is 5.01 Å². The molecule has 150 valence electrons. The summed E-state index contributed by atoms with van der Waals surface area (Å²) in [5.74, 6) is -0.369. The second kappa shape index (κ2) is 7.91. The van der Waals surface area contributed by atoms with E-state index in [4.69, 9.17) is 0 Å². The van der Waals surface area contributed by atoms with Crippen LogP contribution in [-0.2, 0) is 4.79 Å². The average Bonchev–Trinajstić information content (AvgIpc) is 3.32. The first kappa shape index (κ1) is 19.5. The van der Waals surface area contributed by atoms with Gasteiger partial charge < -0.3 is 0 Å². The van der Waals surface area contributed by atoms with Crippen molar-refractivity contribution in [2.24, 2.45) is 15.3 Å². The normalized spacial score (nSPS) is 16.3. The molecule has 1 aliphatic rings. The summed E-state index contributed by atoms with van der Waals surface area (Å²) in [5, 5.41) is 26.8. The first-order valence-electron chi connectivity index (χ1n) is 8.99. The van der Waals surface area contributed by atoms with E-state index in [2.05, 4.69) is 20.3 Å². The minimum atomic E-state index is -0.893. The lowest BCUT2D eigenvalue weighted by molar-refractivity contribution is -0.384. The lowest BCUT2D eigenvalue weighted by Gasteiger charge is -2.08. The third-order valence-corrected chi connectivity index (χ3v) is 5.26. The van der Waals surface area contributed by atoms with E-state index in [1.807, 2.05) is 36.6 Å². The number of aryl methyl sites for hydroxylation is 1. The second-order valence-electron chi connectivity index (χ2n) is 6.67. The SMILES string of the molecule is CC1=NN(c2nc(-c3ccc(C)cc3)cs2)C(=O)C1N=Nc1cccc([N+](=O)[O-])c1. The summed E-state index contributed by atoms with van der Waals surface area (Å²) in [7, 11) is 0. The van der Waals surface area contributed by atoms with Gasteiger partial charge in [-0.2, -0.15) is 20.3 Å². The Morgan fingerprint density at radius 3 is 2.67 bits per heavy atom. The first-order chi connectivity index (χ1) is 14.4. The van der Waals surface area contributed by atoms with Gasteiger partial charge in [-0.3, -0.25) is 14.9 Å². The summed E-state index contributed by atoms with van der Waals surface area (Å²) in [6, 6.07) is 12.8. The van der Waals surface area contributed by atoms with Gasteiger partial charge in [0.25, 0.3) is 11.6 Å². The van der Waals surface area contributed by atoms with E-state index in [0.29, 0.717) is 16.5 Å². The van der Waals surface area contributed by atoms with Gasteiger partial charge >= 0.3 is 0 Å². The Hall–Kier alpha value is -3.79. The Labute approximate surface area is 175 Å². The number of benzene rings is 2. The van der Waals surface area contributed by atoms with Gasteiger partial charge in [-0.1, -0.05) is 35.9 Å². The quantitative estimate of drug-likeness (QED) is 0.332. The van der Waals surface area contributed by atoms with E-state index in [-0.39, 0.29) is 11.6 Å². The number of anilines is 1. The van der Waals surface area contributed by atoms with Gasteiger partial charge in [-0.05, 0) is 19.9 Å². The van der Waals surface area contributed by atoms with Crippen molar-refractivity contribution in [3.8, 4) is 11.3 Å². The van der Waals surface area contributed by atoms with E-state index >= 15 is 0 Å². The highest BCUT2D eigenvalue weighted by atomic mass is 32.1. The zero-order valence-electron chi connectivity index (χ0n) is 16.1. The molecule has 1 aromatic heterocycles. The van der Waals surface area contributed by atoms with Crippen molar-refractivity contribution in [1.29, 1.82) is 0 Å². The number of azo groups is 1. The number of thiazole rings is 1. The molecule has 0 saturated carbocycles. The molecule has 0 radical (unpaired) electrons. The Bertz CT molecular complexity index is 1190. The van der Waals surface area contributed by atoms with E-state index in [1.165, 1.54) is 34.5 Å². The largest absolute Gasteiger partial charge is 0.282 e. The highest BCUT2D eigenvalue weighted by molar-refractivity contribution is 7.14. The summed E-state index contributed by atoms with van der Waals surface area (Å²) in [5.41, 5.74) is 3.54. The maximum absolute atomic E-state index is 12.8. The molecule has 0 spiro atoms. The molecule has 2 aromatic carbocycles. The topological polar surface area (TPSA) is 113 Å². The average molecular weight is 420 g/mol. The van der Waals surface area contributed by atoms with Crippen molar-refractivity contribution in [1.82, 2.24) is 4.98 Å². The van der Waals surface area contributed by atoms with Crippen molar-refractivity contribution in [2.45, 2.75) is 19.9 Å². The van der Waals surface area contributed by atoms with Crippen molar-refractivity contribution >= 4 is 39.5 Å². The second-order valence-corrected chi connectivity index (χ2v) is 7.50.